The van der Waals surface area contributed by atoms with Gasteiger partial charge in [0.05, 0.1) is 0 Å². The highest BCUT2D eigenvalue weighted by molar-refractivity contribution is 7.91. The number of rotatable bonds is 7. The summed E-state index contributed by atoms with van der Waals surface area (Å²) >= 11 is 1.26. The molecule has 0 aliphatic rings. The third-order valence-corrected chi connectivity index (χ3v) is 5.91. The Morgan fingerprint density at radius 3 is 2.59 bits per heavy atom. The zero-order valence-electron chi connectivity index (χ0n) is 12.9. The minimum Gasteiger partial charge on any atom is -0.369 e. The molecule has 0 radical (unpaired) electrons. The minimum absolute atomic E-state index is 0.295. The second-order valence-corrected chi connectivity index (χ2v) is 8.12. The van der Waals surface area contributed by atoms with E-state index in [4.69, 9.17) is 0 Å². The average molecular weight is 340 g/mol. The molecule has 0 unspecified atom stereocenters. The predicted octanol–water partition coefficient (Wildman–Crippen LogP) is 2.11. The van der Waals surface area contributed by atoms with Crippen molar-refractivity contribution < 1.29 is 8.42 Å². The van der Waals surface area contributed by atoms with Crippen LogP contribution in [0.25, 0.3) is 0 Å². The van der Waals surface area contributed by atoms with Crippen molar-refractivity contribution in [3.05, 3.63) is 34.6 Å². The number of hydrogen-bond acceptors (Lipinski definition) is 6. The SMILES string of the molecule is CCc1cc(NCCNS(=O)(=O)c2ccc(C)s2)nc(C)n1. The van der Waals surface area contributed by atoms with Crippen LogP contribution in [-0.2, 0) is 16.4 Å². The fourth-order valence-electron chi connectivity index (χ4n) is 1.90. The number of aromatic nitrogens is 2. The standard InChI is InChI=1S/C14H20N4O2S2/c1-4-12-9-13(18-11(3)17-12)15-7-8-16-22(19,20)14-6-5-10(2)21-14/h5-6,9,16H,4,7-8H2,1-3H3,(H,15,17,18). The van der Waals surface area contributed by atoms with E-state index in [0.717, 1.165) is 22.8 Å². The molecule has 0 aromatic carbocycles. The van der Waals surface area contributed by atoms with Crippen LogP contribution < -0.4 is 10.0 Å². The second kappa shape index (κ2) is 7.17. The fraction of sp³-hybridized carbons (Fsp3) is 0.429. The molecular formula is C14H20N4O2S2. The molecule has 22 heavy (non-hydrogen) atoms. The number of aryl methyl sites for hydroxylation is 3. The quantitative estimate of drug-likeness (QED) is 0.754. The Morgan fingerprint density at radius 2 is 1.95 bits per heavy atom. The molecule has 2 heterocycles. The zero-order chi connectivity index (χ0) is 16.2. The van der Waals surface area contributed by atoms with Crippen LogP contribution in [0.5, 0.6) is 0 Å². The van der Waals surface area contributed by atoms with Crippen molar-refractivity contribution in [2.24, 2.45) is 0 Å². The molecule has 0 spiro atoms. The summed E-state index contributed by atoms with van der Waals surface area (Å²) in [7, 11) is -3.42. The van der Waals surface area contributed by atoms with Gasteiger partial charge in [0.2, 0.25) is 10.0 Å². The molecule has 8 heteroatoms. The molecule has 2 aromatic rings. The highest BCUT2D eigenvalue weighted by atomic mass is 32.2. The van der Waals surface area contributed by atoms with Gasteiger partial charge in [0.25, 0.3) is 0 Å². The summed E-state index contributed by atoms with van der Waals surface area (Å²) in [5.74, 6) is 1.42. The van der Waals surface area contributed by atoms with Gasteiger partial charge in [0.15, 0.2) is 0 Å². The Kier molecular flexibility index (Phi) is 5.49. The Morgan fingerprint density at radius 1 is 1.18 bits per heavy atom. The topological polar surface area (TPSA) is 84.0 Å². The normalized spacial score (nSPS) is 11.6. The number of nitrogens with zero attached hydrogens (tertiary/aromatic N) is 2. The van der Waals surface area contributed by atoms with E-state index in [9.17, 15) is 8.42 Å². The molecule has 0 amide bonds. The summed E-state index contributed by atoms with van der Waals surface area (Å²) in [5, 5.41) is 3.11. The smallest absolute Gasteiger partial charge is 0.250 e. The van der Waals surface area contributed by atoms with E-state index in [1.54, 1.807) is 12.1 Å². The maximum atomic E-state index is 12.1. The summed E-state index contributed by atoms with van der Waals surface area (Å²) in [6, 6.07) is 5.30. The maximum Gasteiger partial charge on any atom is 0.250 e. The van der Waals surface area contributed by atoms with E-state index in [2.05, 4.69) is 20.0 Å². The van der Waals surface area contributed by atoms with Crippen LogP contribution in [0.2, 0.25) is 0 Å². The van der Waals surface area contributed by atoms with E-state index < -0.39 is 10.0 Å². The van der Waals surface area contributed by atoms with E-state index >= 15 is 0 Å². The van der Waals surface area contributed by atoms with E-state index in [1.165, 1.54) is 11.3 Å². The van der Waals surface area contributed by atoms with Gasteiger partial charge in [-0.05, 0) is 32.4 Å². The highest BCUT2D eigenvalue weighted by Gasteiger charge is 2.15. The van der Waals surface area contributed by atoms with Crippen LogP contribution >= 0.6 is 11.3 Å². The van der Waals surface area contributed by atoms with E-state index in [1.807, 2.05) is 26.8 Å². The zero-order valence-corrected chi connectivity index (χ0v) is 14.5. The Balaban J connectivity index is 1.88. The van der Waals surface area contributed by atoms with E-state index in [-0.39, 0.29) is 0 Å². The van der Waals surface area contributed by atoms with Gasteiger partial charge < -0.3 is 5.32 Å². The first-order valence-electron chi connectivity index (χ1n) is 7.05. The monoisotopic (exact) mass is 340 g/mol. The van der Waals surface area contributed by atoms with Crippen LogP contribution in [0, 0.1) is 13.8 Å². The molecule has 0 saturated heterocycles. The van der Waals surface area contributed by atoms with Crippen LogP contribution in [0.15, 0.2) is 22.4 Å². The lowest BCUT2D eigenvalue weighted by atomic mass is 10.3. The van der Waals surface area contributed by atoms with Crippen molar-refractivity contribution in [2.75, 3.05) is 18.4 Å². The first kappa shape index (κ1) is 16.9. The minimum atomic E-state index is -3.42. The molecule has 2 rings (SSSR count). The van der Waals surface area contributed by atoms with Gasteiger partial charge in [0, 0.05) is 29.7 Å². The van der Waals surface area contributed by atoms with Crippen molar-refractivity contribution in [1.29, 1.82) is 0 Å². The van der Waals surface area contributed by atoms with Crippen LogP contribution in [0.1, 0.15) is 23.3 Å². The van der Waals surface area contributed by atoms with Gasteiger partial charge in [-0.2, -0.15) is 0 Å². The lowest BCUT2D eigenvalue weighted by Gasteiger charge is -2.09. The molecule has 0 saturated carbocycles. The van der Waals surface area contributed by atoms with Crippen molar-refractivity contribution in [2.45, 2.75) is 31.4 Å². The van der Waals surface area contributed by atoms with Gasteiger partial charge in [-0.1, -0.05) is 6.92 Å². The molecule has 0 atom stereocenters. The molecule has 2 aromatic heterocycles. The lowest BCUT2D eigenvalue weighted by molar-refractivity contribution is 0.585. The Bertz CT molecular complexity index is 741. The molecule has 0 fully saturated rings. The van der Waals surface area contributed by atoms with Crippen LogP contribution in [-0.4, -0.2) is 31.5 Å². The first-order chi connectivity index (χ1) is 10.4. The Hall–Kier alpha value is -1.51. The third-order valence-electron chi connectivity index (χ3n) is 2.96. The highest BCUT2D eigenvalue weighted by Crippen LogP contribution is 2.20. The summed E-state index contributed by atoms with van der Waals surface area (Å²) in [6.45, 7) is 6.51. The molecule has 0 aliphatic heterocycles. The van der Waals surface area contributed by atoms with Gasteiger partial charge in [-0.15, -0.1) is 11.3 Å². The molecule has 6 nitrogen and oxygen atoms in total. The van der Waals surface area contributed by atoms with Gasteiger partial charge in [-0.25, -0.2) is 23.1 Å². The van der Waals surface area contributed by atoms with Crippen molar-refractivity contribution in [3.63, 3.8) is 0 Å². The largest absolute Gasteiger partial charge is 0.369 e. The van der Waals surface area contributed by atoms with Gasteiger partial charge in [0.1, 0.15) is 15.9 Å². The molecule has 0 bridgehead atoms. The molecule has 120 valence electrons. The molecule has 2 N–H and O–H groups in total. The number of thiophene rings is 1. The number of anilines is 1. The summed E-state index contributed by atoms with van der Waals surface area (Å²) < 4.78 is 27.0. The first-order valence-corrected chi connectivity index (χ1v) is 9.35. The Labute approximate surface area is 135 Å². The third kappa shape index (κ3) is 4.49. The van der Waals surface area contributed by atoms with Crippen LogP contribution in [0.4, 0.5) is 5.82 Å². The van der Waals surface area contributed by atoms with Crippen molar-refractivity contribution in [3.8, 4) is 0 Å². The predicted molar refractivity (Wildman–Crippen MR) is 88.9 cm³/mol. The summed E-state index contributed by atoms with van der Waals surface area (Å²) in [4.78, 5) is 9.55. The second-order valence-electron chi connectivity index (χ2n) is 4.83. The number of nitrogens with one attached hydrogen (secondary N) is 2. The average Bonchev–Trinajstić information content (AvgIpc) is 2.90. The van der Waals surface area contributed by atoms with Crippen LogP contribution in [0.3, 0.4) is 0 Å². The number of hydrogen-bond donors (Lipinski definition) is 2. The van der Waals surface area contributed by atoms with E-state index in [0.29, 0.717) is 23.1 Å². The summed E-state index contributed by atoms with van der Waals surface area (Å²) in [6.07, 6.45) is 0.836. The molecule has 0 aliphatic carbocycles. The molecular weight excluding hydrogens is 320 g/mol. The van der Waals surface area contributed by atoms with Crippen molar-refractivity contribution >= 4 is 27.2 Å². The van der Waals surface area contributed by atoms with Crippen molar-refractivity contribution in [1.82, 2.24) is 14.7 Å². The summed E-state index contributed by atoms with van der Waals surface area (Å²) in [5.41, 5.74) is 0.963. The van der Waals surface area contributed by atoms with Gasteiger partial charge >= 0.3 is 0 Å². The lowest BCUT2D eigenvalue weighted by Crippen LogP contribution is -2.28. The van der Waals surface area contributed by atoms with Gasteiger partial charge in [-0.3, -0.25) is 0 Å². The fourth-order valence-corrected chi connectivity index (χ4v) is 4.26. The maximum absolute atomic E-state index is 12.1. The number of sulfonamides is 1.